The smallest absolute Gasteiger partial charge is 0.0411 e. The number of unbranched alkanes of at least 4 members (excludes halogenated alkanes) is 3. The predicted octanol–water partition coefficient (Wildman–Crippen LogP) is 16.5. The van der Waals surface area contributed by atoms with Crippen LogP contribution in [-0.4, -0.2) is 0 Å². The molecule has 0 radical (unpaired) electrons. The van der Waals surface area contributed by atoms with E-state index < -0.39 is 0 Å². The van der Waals surface area contributed by atoms with Crippen molar-refractivity contribution in [1.82, 2.24) is 0 Å². The van der Waals surface area contributed by atoms with Crippen molar-refractivity contribution in [2.24, 2.45) is 29.1 Å². The molecule has 0 spiro atoms. The molecule has 2 aliphatic rings. The largest absolute Gasteiger partial charge is 0.0683 e. The van der Waals surface area contributed by atoms with Gasteiger partial charge in [-0.2, -0.15) is 0 Å². The standard InChI is InChI=1S/C5H10.3C5H12.C4H8.2C4H10.C3H8.2C2H6/c1-5-3-2-4-5;1-5(2,3)4;1-4-5(2)3;1-3-5-4-2;1-4-2-3-4;1-4(2)3;1-3-4-2;1-3-2;2*1-2/h5H,2-4H2,1H3;1-4H3;5H,4H2,1-3H3;3-5H2,1-2H3;4H,2-3H2,1H3;4H,1-3H3;3-4H2,1-2H3;3H2,1-2H3;2*1-2H3. The van der Waals surface area contributed by atoms with Crippen LogP contribution in [0.25, 0.3) is 0 Å². The average molecular weight is 563 g/mol. The molecule has 39 heavy (non-hydrogen) atoms. The Balaban J connectivity index is -0.0000000463. The van der Waals surface area contributed by atoms with Crippen molar-refractivity contribution in [3.05, 3.63) is 0 Å². The van der Waals surface area contributed by atoms with Crippen LogP contribution in [0.5, 0.6) is 0 Å². The summed E-state index contributed by atoms with van der Waals surface area (Å²) in [7, 11) is 0. The van der Waals surface area contributed by atoms with E-state index in [0.717, 1.165) is 23.7 Å². The second-order valence-electron chi connectivity index (χ2n) is 13.3. The van der Waals surface area contributed by atoms with Crippen LogP contribution in [0, 0.1) is 29.1 Å². The minimum atomic E-state index is 0.500. The molecule has 0 atom stereocenters. The Morgan fingerprint density at radius 3 is 0.718 bits per heavy atom. The normalized spacial score (nSPS) is 12.3. The zero-order valence-electron chi connectivity index (χ0n) is 33.3. The summed E-state index contributed by atoms with van der Waals surface area (Å²) in [6.07, 6.45) is 16.7. The molecule has 0 N–H and O–H groups in total. The molecule has 0 aliphatic heterocycles. The van der Waals surface area contributed by atoms with Gasteiger partial charge in [0.25, 0.3) is 0 Å². The third kappa shape index (κ3) is 251. The lowest BCUT2D eigenvalue weighted by atomic mass is 9.88. The van der Waals surface area contributed by atoms with Crippen LogP contribution >= 0.6 is 0 Å². The maximum atomic E-state index is 2.31. The minimum Gasteiger partial charge on any atom is -0.0683 e. The molecule has 2 rings (SSSR count). The topological polar surface area (TPSA) is 0 Å². The highest BCUT2D eigenvalue weighted by molar-refractivity contribution is 4.65. The van der Waals surface area contributed by atoms with Crippen molar-refractivity contribution < 1.29 is 0 Å². The zero-order chi connectivity index (χ0) is 33.3. The van der Waals surface area contributed by atoms with Crippen LogP contribution in [0.2, 0.25) is 0 Å². The van der Waals surface area contributed by atoms with Gasteiger partial charge in [-0.25, -0.2) is 0 Å². The average Bonchev–Trinajstić information content (AvgIpc) is 3.63. The number of hydrogen-bond acceptors (Lipinski definition) is 0. The van der Waals surface area contributed by atoms with Crippen molar-refractivity contribution in [1.29, 1.82) is 0 Å². The minimum absolute atomic E-state index is 0.500. The van der Waals surface area contributed by atoms with Crippen LogP contribution in [0.4, 0.5) is 0 Å². The monoisotopic (exact) mass is 563 g/mol. The summed E-state index contributed by atoms with van der Waals surface area (Å²) >= 11 is 0. The van der Waals surface area contributed by atoms with Gasteiger partial charge in [0.05, 0.1) is 0 Å². The van der Waals surface area contributed by atoms with Gasteiger partial charge in [-0.15, -0.1) is 0 Å². The van der Waals surface area contributed by atoms with E-state index >= 15 is 0 Å². The van der Waals surface area contributed by atoms with Gasteiger partial charge >= 0.3 is 0 Å². The van der Waals surface area contributed by atoms with Crippen molar-refractivity contribution in [3.63, 3.8) is 0 Å². The fourth-order valence-electron chi connectivity index (χ4n) is 1.13. The van der Waals surface area contributed by atoms with Crippen molar-refractivity contribution in [2.45, 2.75) is 229 Å². The number of rotatable bonds is 4. The number of hydrogen-bond donors (Lipinski definition) is 0. The summed E-state index contributed by atoms with van der Waals surface area (Å²) in [4.78, 5) is 0. The summed E-state index contributed by atoms with van der Waals surface area (Å²) in [6, 6.07) is 0. The Morgan fingerprint density at radius 2 is 0.718 bits per heavy atom. The molecule has 0 aromatic heterocycles. The molecule has 2 fully saturated rings. The van der Waals surface area contributed by atoms with Crippen LogP contribution in [0.3, 0.4) is 0 Å². The van der Waals surface area contributed by atoms with Crippen LogP contribution in [-0.2, 0) is 0 Å². The lowest BCUT2D eigenvalue weighted by Crippen LogP contribution is -2.04. The molecule has 0 aromatic carbocycles. The van der Waals surface area contributed by atoms with E-state index in [1.165, 1.54) is 77.0 Å². The maximum Gasteiger partial charge on any atom is -0.0411 e. The Labute approximate surface area is 258 Å². The predicted molar refractivity (Wildman–Crippen MR) is 197 cm³/mol. The van der Waals surface area contributed by atoms with Crippen LogP contribution in [0.1, 0.15) is 229 Å². The first-order valence-corrected chi connectivity index (χ1v) is 18.0. The SMILES string of the molecule is CC.CC.CC(C)(C)C.CC(C)C.CC1CC1.CC1CCC1.CCC.CCC(C)C.CCCC.CCCCC. The summed E-state index contributed by atoms with van der Waals surface area (Å²) in [6.45, 7) is 47.5. The highest BCUT2D eigenvalue weighted by Crippen LogP contribution is 2.26. The Morgan fingerprint density at radius 1 is 0.538 bits per heavy atom. The molecule has 0 unspecified atom stereocenters. The lowest BCUT2D eigenvalue weighted by molar-refractivity contribution is 0.346. The first-order valence-electron chi connectivity index (χ1n) is 18.0. The molecule has 0 saturated heterocycles. The van der Waals surface area contributed by atoms with Gasteiger partial charge in [0.15, 0.2) is 0 Å². The third-order valence-corrected chi connectivity index (χ3v) is 4.28. The molecular weight excluding hydrogens is 468 g/mol. The Kier molecular flexibility index (Phi) is 86.9. The fourth-order valence-corrected chi connectivity index (χ4v) is 1.13. The van der Waals surface area contributed by atoms with E-state index in [0.29, 0.717) is 5.41 Å². The second kappa shape index (κ2) is 57.8. The van der Waals surface area contributed by atoms with Gasteiger partial charge in [0.1, 0.15) is 0 Å². The molecule has 0 nitrogen and oxygen atoms in total. The maximum absolute atomic E-state index is 2.31. The van der Waals surface area contributed by atoms with E-state index in [-0.39, 0.29) is 0 Å². The summed E-state index contributed by atoms with van der Waals surface area (Å²) in [5.41, 5.74) is 0.500. The van der Waals surface area contributed by atoms with Gasteiger partial charge in [-0.1, -0.05) is 229 Å². The molecule has 250 valence electrons. The first kappa shape index (κ1) is 58.6. The zero-order valence-corrected chi connectivity index (χ0v) is 33.3. The van der Waals surface area contributed by atoms with Crippen molar-refractivity contribution in [2.75, 3.05) is 0 Å². The third-order valence-electron chi connectivity index (χ3n) is 4.28. The highest BCUT2D eigenvalue weighted by atomic mass is 14.2. The molecule has 0 amide bonds. The van der Waals surface area contributed by atoms with Crippen LogP contribution in [0.15, 0.2) is 0 Å². The molecule has 2 saturated carbocycles. The molecular formula is C39H94. The second-order valence-corrected chi connectivity index (χ2v) is 13.3. The van der Waals surface area contributed by atoms with E-state index in [4.69, 9.17) is 0 Å². The van der Waals surface area contributed by atoms with Gasteiger partial charge in [-0.05, 0) is 29.1 Å². The molecule has 2 aliphatic carbocycles. The summed E-state index contributed by atoms with van der Waals surface area (Å²) in [5.74, 6) is 3.87. The molecule has 0 heterocycles. The molecule has 0 aromatic rings. The van der Waals surface area contributed by atoms with Gasteiger partial charge in [0, 0.05) is 0 Å². The highest BCUT2D eigenvalue weighted by Gasteiger charge is 2.12. The van der Waals surface area contributed by atoms with E-state index in [2.05, 4.69) is 125 Å². The van der Waals surface area contributed by atoms with Gasteiger partial charge in [-0.3, -0.25) is 0 Å². The van der Waals surface area contributed by atoms with E-state index in [9.17, 15) is 0 Å². The summed E-state index contributed by atoms with van der Waals surface area (Å²) in [5, 5.41) is 0. The lowest BCUT2D eigenvalue weighted by Gasteiger charge is -2.18. The van der Waals surface area contributed by atoms with E-state index in [1.54, 1.807) is 0 Å². The van der Waals surface area contributed by atoms with E-state index in [1.807, 2.05) is 27.7 Å². The Bertz CT molecular complexity index is 256. The van der Waals surface area contributed by atoms with Crippen molar-refractivity contribution in [3.8, 4) is 0 Å². The fraction of sp³-hybridized carbons (Fsp3) is 1.00. The van der Waals surface area contributed by atoms with Gasteiger partial charge < -0.3 is 0 Å². The Hall–Kier alpha value is 0. The molecule has 0 heteroatoms. The van der Waals surface area contributed by atoms with Crippen molar-refractivity contribution >= 4 is 0 Å². The quantitative estimate of drug-likeness (QED) is 0.319. The summed E-state index contributed by atoms with van der Waals surface area (Å²) < 4.78 is 0. The molecule has 0 bridgehead atoms. The first-order chi connectivity index (χ1) is 18.0. The van der Waals surface area contributed by atoms with Crippen LogP contribution < -0.4 is 0 Å². The van der Waals surface area contributed by atoms with Gasteiger partial charge in [0.2, 0.25) is 0 Å².